The van der Waals surface area contributed by atoms with E-state index in [4.69, 9.17) is 15.3 Å². The van der Waals surface area contributed by atoms with Crippen LogP contribution in [0.25, 0.3) is 6.08 Å². The van der Waals surface area contributed by atoms with Crippen molar-refractivity contribution in [1.29, 1.82) is 0 Å². The van der Waals surface area contributed by atoms with Gasteiger partial charge in [0, 0.05) is 6.08 Å². The Balaban J connectivity index is 2.63. The van der Waals surface area contributed by atoms with Crippen molar-refractivity contribution in [2.24, 2.45) is 0 Å². The molecular weight excluding hydrogens is 268 g/mol. The zero-order valence-corrected chi connectivity index (χ0v) is 10.2. The molecule has 7 nitrogen and oxygen atoms in total. The second-order valence-corrected chi connectivity index (χ2v) is 3.79. The van der Waals surface area contributed by atoms with Crippen molar-refractivity contribution in [3.8, 4) is 5.75 Å². The quantitative estimate of drug-likeness (QED) is 0.522. The fourth-order valence-corrected chi connectivity index (χ4v) is 1.27. The highest BCUT2D eigenvalue weighted by atomic mass is 16.6. The van der Waals surface area contributed by atoms with Gasteiger partial charge < -0.3 is 20.1 Å². The zero-order chi connectivity index (χ0) is 15.1. The molecule has 0 amide bonds. The highest BCUT2D eigenvalue weighted by Crippen LogP contribution is 2.11. The third kappa shape index (κ3) is 5.21. The van der Waals surface area contributed by atoms with Crippen LogP contribution in [-0.2, 0) is 19.1 Å². The Bertz CT molecular complexity index is 530. The molecule has 0 aliphatic rings. The van der Waals surface area contributed by atoms with E-state index < -0.39 is 30.4 Å². The van der Waals surface area contributed by atoms with E-state index in [0.29, 0.717) is 5.56 Å². The maximum atomic E-state index is 11.4. The molecule has 0 bridgehead atoms. The SMILES string of the molecule is O=C(O)C[C@@H](OC(=O)/C=C/c1ccc(O)cc1)C(=O)O. The van der Waals surface area contributed by atoms with Gasteiger partial charge in [-0.15, -0.1) is 0 Å². The van der Waals surface area contributed by atoms with E-state index in [-0.39, 0.29) is 5.75 Å². The molecule has 0 fully saturated rings. The summed E-state index contributed by atoms with van der Waals surface area (Å²) in [7, 11) is 0. The van der Waals surface area contributed by atoms with Gasteiger partial charge in [-0.3, -0.25) is 4.79 Å². The Morgan fingerprint density at radius 1 is 1.15 bits per heavy atom. The number of aromatic hydroxyl groups is 1. The number of esters is 1. The minimum atomic E-state index is -1.73. The molecule has 0 aromatic heterocycles. The molecule has 1 atom stereocenters. The topological polar surface area (TPSA) is 121 Å². The van der Waals surface area contributed by atoms with E-state index >= 15 is 0 Å². The number of phenols is 1. The normalized spacial score (nSPS) is 12.0. The first-order chi connectivity index (χ1) is 9.38. The molecular formula is C13H12O7. The molecule has 0 spiro atoms. The van der Waals surface area contributed by atoms with Crippen LogP contribution >= 0.6 is 0 Å². The molecule has 0 radical (unpaired) electrons. The molecule has 0 aliphatic heterocycles. The van der Waals surface area contributed by atoms with Crippen molar-refractivity contribution in [1.82, 2.24) is 0 Å². The summed E-state index contributed by atoms with van der Waals surface area (Å²) in [6.45, 7) is 0. The Morgan fingerprint density at radius 3 is 2.25 bits per heavy atom. The first-order valence-corrected chi connectivity index (χ1v) is 5.51. The highest BCUT2D eigenvalue weighted by molar-refractivity contribution is 5.90. The smallest absolute Gasteiger partial charge is 0.345 e. The van der Waals surface area contributed by atoms with Crippen LogP contribution in [0.1, 0.15) is 12.0 Å². The van der Waals surface area contributed by atoms with Crippen LogP contribution in [0.3, 0.4) is 0 Å². The van der Waals surface area contributed by atoms with Gasteiger partial charge in [-0.2, -0.15) is 0 Å². The number of ether oxygens (including phenoxy) is 1. The molecule has 0 heterocycles. The maximum absolute atomic E-state index is 11.4. The molecule has 0 aliphatic carbocycles. The minimum Gasteiger partial charge on any atom is -0.508 e. The molecule has 3 N–H and O–H groups in total. The first-order valence-electron chi connectivity index (χ1n) is 5.51. The average molecular weight is 280 g/mol. The summed E-state index contributed by atoms with van der Waals surface area (Å²) < 4.78 is 4.51. The van der Waals surface area contributed by atoms with E-state index in [1.54, 1.807) is 0 Å². The third-order valence-electron chi connectivity index (χ3n) is 2.20. The number of aliphatic carboxylic acids is 2. The standard InChI is InChI=1S/C13H12O7/c14-9-4-1-8(2-5-9)3-6-12(17)20-10(13(18)19)7-11(15)16/h1-6,10,14H,7H2,(H,15,16)(H,18,19)/b6-3+/t10-/m1/s1. The number of benzene rings is 1. The van der Waals surface area contributed by atoms with Crippen molar-refractivity contribution in [2.75, 3.05) is 0 Å². The fraction of sp³-hybridized carbons (Fsp3) is 0.154. The van der Waals surface area contributed by atoms with Gasteiger partial charge >= 0.3 is 17.9 Å². The summed E-state index contributed by atoms with van der Waals surface area (Å²) in [5, 5.41) is 26.2. The zero-order valence-electron chi connectivity index (χ0n) is 10.2. The van der Waals surface area contributed by atoms with Crippen LogP contribution in [0, 0.1) is 0 Å². The summed E-state index contributed by atoms with van der Waals surface area (Å²) in [6, 6.07) is 5.89. The van der Waals surface area contributed by atoms with Gasteiger partial charge in [-0.05, 0) is 23.8 Å². The van der Waals surface area contributed by atoms with Crippen molar-refractivity contribution in [2.45, 2.75) is 12.5 Å². The number of hydrogen-bond donors (Lipinski definition) is 3. The highest BCUT2D eigenvalue weighted by Gasteiger charge is 2.24. The predicted octanol–water partition coefficient (Wildman–Crippen LogP) is 0.877. The van der Waals surface area contributed by atoms with Crippen LogP contribution in [0.4, 0.5) is 0 Å². The molecule has 20 heavy (non-hydrogen) atoms. The van der Waals surface area contributed by atoms with Crippen molar-refractivity contribution in [3.05, 3.63) is 35.9 Å². The lowest BCUT2D eigenvalue weighted by molar-refractivity contribution is -0.164. The molecule has 0 saturated heterocycles. The lowest BCUT2D eigenvalue weighted by Gasteiger charge is -2.09. The molecule has 1 aromatic carbocycles. The monoisotopic (exact) mass is 280 g/mol. The van der Waals surface area contributed by atoms with E-state index in [1.807, 2.05) is 0 Å². The van der Waals surface area contributed by atoms with E-state index in [0.717, 1.165) is 6.08 Å². The molecule has 7 heteroatoms. The molecule has 1 aromatic rings. The number of rotatable bonds is 6. The maximum Gasteiger partial charge on any atom is 0.345 e. The largest absolute Gasteiger partial charge is 0.508 e. The minimum absolute atomic E-state index is 0.0668. The Labute approximate surface area is 113 Å². The number of carbonyl (C=O) groups excluding carboxylic acids is 1. The average Bonchev–Trinajstić information content (AvgIpc) is 2.36. The molecule has 1 rings (SSSR count). The lowest BCUT2D eigenvalue weighted by atomic mass is 10.2. The second-order valence-electron chi connectivity index (χ2n) is 3.79. The van der Waals surface area contributed by atoms with Crippen molar-refractivity contribution < 1.29 is 34.4 Å². The first kappa shape index (κ1) is 15.2. The number of carboxylic acid groups (broad SMARTS) is 2. The van der Waals surface area contributed by atoms with Crippen LogP contribution in [0.15, 0.2) is 30.3 Å². The third-order valence-corrected chi connectivity index (χ3v) is 2.20. The number of carbonyl (C=O) groups is 3. The summed E-state index contributed by atoms with van der Waals surface area (Å²) in [5.41, 5.74) is 0.588. The molecule has 106 valence electrons. The van der Waals surface area contributed by atoms with Crippen molar-refractivity contribution >= 4 is 24.0 Å². The van der Waals surface area contributed by atoms with E-state index in [1.165, 1.54) is 30.3 Å². The molecule has 0 unspecified atom stereocenters. The second kappa shape index (κ2) is 6.93. The van der Waals surface area contributed by atoms with Gasteiger partial charge in [0.15, 0.2) is 0 Å². The summed E-state index contributed by atoms with van der Waals surface area (Å²) >= 11 is 0. The van der Waals surface area contributed by atoms with E-state index in [2.05, 4.69) is 4.74 Å². The summed E-state index contributed by atoms with van der Waals surface area (Å²) in [6.07, 6.45) is -0.218. The van der Waals surface area contributed by atoms with Crippen LogP contribution in [0.2, 0.25) is 0 Å². The van der Waals surface area contributed by atoms with Gasteiger partial charge in [0.05, 0.1) is 6.42 Å². The summed E-state index contributed by atoms with van der Waals surface area (Å²) in [5.74, 6) is -3.81. The van der Waals surface area contributed by atoms with Gasteiger partial charge in [0.2, 0.25) is 6.10 Å². The van der Waals surface area contributed by atoms with Crippen LogP contribution in [-0.4, -0.2) is 39.3 Å². The Kier molecular flexibility index (Phi) is 5.28. The van der Waals surface area contributed by atoms with Gasteiger partial charge in [0.25, 0.3) is 0 Å². The van der Waals surface area contributed by atoms with E-state index in [9.17, 15) is 14.4 Å². The number of carboxylic acids is 2. The summed E-state index contributed by atoms with van der Waals surface area (Å²) in [4.78, 5) is 32.5. The van der Waals surface area contributed by atoms with Crippen LogP contribution in [0.5, 0.6) is 5.75 Å². The van der Waals surface area contributed by atoms with Gasteiger partial charge in [-0.1, -0.05) is 12.1 Å². The van der Waals surface area contributed by atoms with Crippen molar-refractivity contribution in [3.63, 3.8) is 0 Å². The lowest BCUT2D eigenvalue weighted by Crippen LogP contribution is -2.28. The molecule has 0 saturated carbocycles. The van der Waals surface area contributed by atoms with Crippen LogP contribution < -0.4 is 0 Å². The predicted molar refractivity (Wildman–Crippen MR) is 66.9 cm³/mol. The number of hydrogen-bond acceptors (Lipinski definition) is 5. The van der Waals surface area contributed by atoms with Gasteiger partial charge in [0.1, 0.15) is 5.75 Å². The Morgan fingerprint density at radius 2 is 1.75 bits per heavy atom. The van der Waals surface area contributed by atoms with Gasteiger partial charge in [-0.25, -0.2) is 9.59 Å². The Hall–Kier alpha value is -2.83. The number of phenolic OH excluding ortho intramolecular Hbond substituents is 1. The fourth-order valence-electron chi connectivity index (χ4n) is 1.27.